The van der Waals surface area contributed by atoms with Crippen LogP contribution in [0.15, 0.2) is 99.8 Å². The van der Waals surface area contributed by atoms with Crippen molar-refractivity contribution < 1.29 is 18.6 Å². The largest absolute Gasteiger partial charge is 0.457 e. The molecule has 6 rings (SSSR count). The van der Waals surface area contributed by atoms with E-state index in [4.69, 9.17) is 18.6 Å². The summed E-state index contributed by atoms with van der Waals surface area (Å²) in [5.74, 6) is 1.27. The minimum absolute atomic E-state index is 0.0788. The van der Waals surface area contributed by atoms with Crippen molar-refractivity contribution >= 4 is 8.32 Å². The van der Waals surface area contributed by atoms with Crippen LogP contribution in [-0.2, 0) is 19.5 Å². The molecule has 4 aromatic rings. The number of ether oxygens (including phenoxy) is 3. The molecule has 0 saturated carbocycles. The van der Waals surface area contributed by atoms with Crippen molar-refractivity contribution in [3.8, 4) is 11.5 Å². The van der Waals surface area contributed by atoms with E-state index in [1.54, 1.807) is 6.92 Å². The second kappa shape index (κ2) is 12.9. The molecule has 2 aliphatic heterocycles. The fraction of sp³-hybridized carbons (Fsp3) is 0.389. The Morgan fingerprint density at radius 3 is 2.23 bits per heavy atom. The van der Waals surface area contributed by atoms with Crippen LogP contribution in [0.2, 0.25) is 18.1 Å². The van der Waals surface area contributed by atoms with Crippen molar-refractivity contribution in [2.75, 3.05) is 6.54 Å². The molecule has 12 heteroatoms. The summed E-state index contributed by atoms with van der Waals surface area (Å²) in [5, 5.41) is 3.89. The molecule has 11 nitrogen and oxygen atoms in total. The first-order valence-electron chi connectivity index (χ1n) is 16.1. The number of fused-ring (bicyclic) bond motifs is 2. The standard InChI is InChI=1S/C36H41N5O6Si/c1-23-22-41(34(43)39-33(23)42)31-20-29(47-48(5,6)35(2,3)4)32(45-31)30(21-38-40-37)46-36(24-14-8-7-9-15-24)25-16-10-12-18-27(25)44-28-19-13-11-17-26(28)36/h7-19,22,29-32H,20-21H2,1-6H3,(H,39,42,43)/t29-,30?,31+,32-/m0/s1. The Bertz CT molecular complexity index is 1920. The van der Waals surface area contributed by atoms with Gasteiger partial charge in [-0.1, -0.05) is 92.6 Å². The van der Waals surface area contributed by atoms with E-state index >= 15 is 0 Å². The van der Waals surface area contributed by atoms with Crippen LogP contribution in [-0.4, -0.2) is 42.7 Å². The van der Waals surface area contributed by atoms with Gasteiger partial charge in [0.2, 0.25) is 0 Å². The lowest BCUT2D eigenvalue weighted by atomic mass is 9.77. The monoisotopic (exact) mass is 667 g/mol. The van der Waals surface area contributed by atoms with Gasteiger partial charge in [0.15, 0.2) is 13.9 Å². The zero-order valence-corrected chi connectivity index (χ0v) is 29.0. The maximum absolute atomic E-state index is 13.1. The van der Waals surface area contributed by atoms with E-state index in [2.05, 4.69) is 48.9 Å². The number of nitrogens with one attached hydrogen (secondary N) is 1. The number of hydrogen-bond donors (Lipinski definition) is 1. The smallest absolute Gasteiger partial charge is 0.330 e. The van der Waals surface area contributed by atoms with Crippen molar-refractivity contribution in [3.05, 3.63) is 139 Å². The van der Waals surface area contributed by atoms with Gasteiger partial charge in [-0.2, -0.15) is 0 Å². The second-order valence-electron chi connectivity index (χ2n) is 13.9. The van der Waals surface area contributed by atoms with E-state index in [-0.39, 0.29) is 11.6 Å². The van der Waals surface area contributed by atoms with E-state index in [1.807, 2.05) is 78.9 Å². The van der Waals surface area contributed by atoms with E-state index in [9.17, 15) is 15.1 Å². The number of H-pyrrole nitrogens is 1. The minimum atomic E-state index is -2.41. The van der Waals surface area contributed by atoms with Crippen molar-refractivity contribution in [2.24, 2.45) is 5.11 Å². The SMILES string of the molecule is Cc1cn([C@H]2C[C@H](O[Si](C)(C)C(C)(C)C)[C@@H](C(CN=[N+]=[N-])OC3(c4ccccc4)c4ccccc4Oc4ccccc43)O2)c(=O)[nH]c1=O. The van der Waals surface area contributed by atoms with Crippen LogP contribution in [0.4, 0.5) is 0 Å². The molecule has 3 heterocycles. The molecule has 0 aliphatic carbocycles. The van der Waals surface area contributed by atoms with Gasteiger partial charge in [0.25, 0.3) is 5.56 Å². The van der Waals surface area contributed by atoms with Gasteiger partial charge in [-0.3, -0.25) is 14.3 Å². The van der Waals surface area contributed by atoms with Crippen LogP contribution in [0.5, 0.6) is 11.5 Å². The van der Waals surface area contributed by atoms with Gasteiger partial charge in [-0.25, -0.2) is 4.79 Å². The molecule has 3 aromatic carbocycles. The number of azide groups is 1. The molecule has 1 saturated heterocycles. The molecule has 1 unspecified atom stereocenters. The minimum Gasteiger partial charge on any atom is -0.457 e. The third-order valence-corrected chi connectivity index (χ3v) is 14.3. The molecule has 2 aliphatic rings. The topological polar surface area (TPSA) is 141 Å². The van der Waals surface area contributed by atoms with Crippen molar-refractivity contribution in [1.29, 1.82) is 0 Å². The molecule has 48 heavy (non-hydrogen) atoms. The van der Waals surface area contributed by atoms with Gasteiger partial charge < -0.3 is 18.6 Å². The van der Waals surface area contributed by atoms with Crippen LogP contribution >= 0.6 is 0 Å². The summed E-state index contributed by atoms with van der Waals surface area (Å²) in [6.07, 6.45) is -1.10. The predicted octanol–water partition coefficient (Wildman–Crippen LogP) is 7.32. The van der Waals surface area contributed by atoms with Gasteiger partial charge in [-0.05, 0) is 48.3 Å². The Morgan fingerprint density at radius 2 is 1.62 bits per heavy atom. The zero-order valence-electron chi connectivity index (χ0n) is 28.0. The Labute approximate surface area is 280 Å². The quantitative estimate of drug-likeness (QED) is 0.0859. The first-order valence-corrected chi connectivity index (χ1v) is 19.0. The van der Waals surface area contributed by atoms with Crippen LogP contribution < -0.4 is 16.0 Å². The van der Waals surface area contributed by atoms with Crippen molar-refractivity contribution in [3.63, 3.8) is 0 Å². The molecule has 250 valence electrons. The summed E-state index contributed by atoms with van der Waals surface area (Å²) < 4.78 is 29.0. The maximum Gasteiger partial charge on any atom is 0.330 e. The number of aromatic nitrogens is 2. The number of nitrogens with zero attached hydrogens (tertiary/aromatic N) is 4. The Kier molecular flexibility index (Phi) is 8.97. The molecule has 1 aromatic heterocycles. The first kappa shape index (κ1) is 33.4. The Balaban J connectivity index is 1.53. The van der Waals surface area contributed by atoms with Gasteiger partial charge in [-0.15, -0.1) is 0 Å². The molecule has 0 amide bonds. The lowest BCUT2D eigenvalue weighted by molar-refractivity contribution is -0.140. The number of para-hydroxylation sites is 2. The van der Waals surface area contributed by atoms with Gasteiger partial charge in [0.05, 0.1) is 18.8 Å². The van der Waals surface area contributed by atoms with Gasteiger partial charge in [0, 0.05) is 34.2 Å². The summed E-state index contributed by atoms with van der Waals surface area (Å²) in [6.45, 7) is 12.4. The lowest BCUT2D eigenvalue weighted by Gasteiger charge is -2.45. The molecule has 1 N–H and O–H groups in total. The van der Waals surface area contributed by atoms with Crippen LogP contribution in [0.1, 0.15) is 55.7 Å². The van der Waals surface area contributed by atoms with Crippen LogP contribution in [0, 0.1) is 6.92 Å². The average Bonchev–Trinajstić information content (AvgIpc) is 3.46. The summed E-state index contributed by atoms with van der Waals surface area (Å²) >= 11 is 0. The Hall–Kier alpha value is -4.45. The summed E-state index contributed by atoms with van der Waals surface area (Å²) in [4.78, 5) is 30.8. The number of aryl methyl sites for hydroxylation is 1. The van der Waals surface area contributed by atoms with Gasteiger partial charge >= 0.3 is 5.69 Å². The predicted molar refractivity (Wildman–Crippen MR) is 185 cm³/mol. The van der Waals surface area contributed by atoms with E-state index in [0.29, 0.717) is 23.5 Å². The van der Waals surface area contributed by atoms with Gasteiger partial charge in [0.1, 0.15) is 23.8 Å². The van der Waals surface area contributed by atoms with E-state index in [0.717, 1.165) is 16.7 Å². The summed E-state index contributed by atoms with van der Waals surface area (Å²) in [5.41, 5.74) is 10.1. The highest BCUT2D eigenvalue weighted by atomic mass is 28.4. The number of hydrogen-bond acceptors (Lipinski definition) is 7. The maximum atomic E-state index is 13.1. The molecule has 0 bridgehead atoms. The lowest BCUT2D eigenvalue weighted by Crippen LogP contribution is -2.51. The van der Waals surface area contributed by atoms with E-state index in [1.165, 1.54) is 10.8 Å². The average molecular weight is 668 g/mol. The van der Waals surface area contributed by atoms with Crippen molar-refractivity contribution in [2.45, 2.75) is 82.4 Å². The highest BCUT2D eigenvalue weighted by Gasteiger charge is 2.52. The third kappa shape index (κ3) is 6.02. The molecule has 1 fully saturated rings. The first-order chi connectivity index (χ1) is 22.9. The van der Waals surface area contributed by atoms with E-state index < -0.39 is 49.7 Å². The van der Waals surface area contributed by atoms with Crippen molar-refractivity contribution in [1.82, 2.24) is 9.55 Å². The van der Waals surface area contributed by atoms with Crippen LogP contribution in [0.3, 0.4) is 0 Å². The number of aromatic amines is 1. The molecular formula is C36H41N5O6Si. The highest BCUT2D eigenvalue weighted by Crippen LogP contribution is 2.53. The Morgan fingerprint density at radius 1 is 1.02 bits per heavy atom. The molecule has 0 radical (unpaired) electrons. The number of benzene rings is 3. The fourth-order valence-electron chi connectivity index (χ4n) is 6.32. The highest BCUT2D eigenvalue weighted by molar-refractivity contribution is 6.74. The number of rotatable bonds is 9. The molecule has 4 atom stereocenters. The third-order valence-electron chi connectivity index (χ3n) is 9.78. The fourth-order valence-corrected chi connectivity index (χ4v) is 7.66. The molecule has 0 spiro atoms. The van der Waals surface area contributed by atoms with Crippen LogP contribution in [0.25, 0.3) is 10.4 Å². The zero-order chi connectivity index (χ0) is 34.3. The normalized spacial score (nSPS) is 20.6. The summed E-state index contributed by atoms with van der Waals surface area (Å²) in [6, 6.07) is 25.4. The second-order valence-corrected chi connectivity index (χ2v) is 18.7. The molecular weight excluding hydrogens is 627 g/mol. The summed E-state index contributed by atoms with van der Waals surface area (Å²) in [7, 11) is -2.41.